The van der Waals surface area contributed by atoms with Crippen LogP contribution in [-0.2, 0) is 4.74 Å². The Morgan fingerprint density at radius 3 is 3.00 bits per heavy atom. The monoisotopic (exact) mass is 269 g/mol. The highest BCUT2D eigenvalue weighted by Gasteiger charge is 2.27. The van der Waals surface area contributed by atoms with Gasteiger partial charge in [0.05, 0.1) is 6.61 Å². The minimum absolute atomic E-state index is 0.0853. The molecule has 1 aromatic rings. The molecule has 18 heavy (non-hydrogen) atoms. The zero-order chi connectivity index (χ0) is 13.0. The Balaban J connectivity index is 2.10. The van der Waals surface area contributed by atoms with Crippen LogP contribution in [0.2, 0.25) is 5.02 Å². The van der Waals surface area contributed by atoms with E-state index in [2.05, 4.69) is 5.32 Å². The molecule has 0 aromatic heterocycles. The molecule has 1 fully saturated rings. The molecule has 0 amide bonds. The summed E-state index contributed by atoms with van der Waals surface area (Å²) in [5, 5.41) is 4.11. The van der Waals surface area contributed by atoms with Crippen molar-refractivity contribution in [2.75, 3.05) is 26.8 Å². The first-order valence-corrected chi connectivity index (χ1v) is 6.71. The second kappa shape index (κ2) is 6.41. The van der Waals surface area contributed by atoms with Gasteiger partial charge in [-0.05, 0) is 32.0 Å². The van der Waals surface area contributed by atoms with Gasteiger partial charge in [-0.3, -0.25) is 0 Å². The van der Waals surface area contributed by atoms with Gasteiger partial charge in [0.25, 0.3) is 0 Å². The van der Waals surface area contributed by atoms with Gasteiger partial charge in [-0.25, -0.2) is 0 Å². The lowest BCUT2D eigenvalue weighted by Gasteiger charge is -2.24. The second-order valence-corrected chi connectivity index (χ2v) is 5.13. The molecular weight excluding hydrogens is 250 g/mol. The fraction of sp³-hybridized carbons (Fsp3) is 0.571. The van der Waals surface area contributed by atoms with Crippen LogP contribution in [0.15, 0.2) is 18.2 Å². The molecule has 0 saturated carbocycles. The molecular formula is C14H20ClNO2. The third kappa shape index (κ3) is 3.16. The molecule has 0 radical (unpaired) electrons. The number of rotatable bonds is 5. The van der Waals surface area contributed by atoms with Crippen LogP contribution in [0.25, 0.3) is 0 Å². The molecule has 1 saturated heterocycles. The number of halogens is 1. The van der Waals surface area contributed by atoms with Gasteiger partial charge in [0, 0.05) is 30.2 Å². The molecule has 0 unspecified atom stereocenters. The fourth-order valence-electron chi connectivity index (χ4n) is 2.30. The first-order chi connectivity index (χ1) is 8.72. The predicted octanol–water partition coefficient (Wildman–Crippen LogP) is 2.65. The van der Waals surface area contributed by atoms with Crippen molar-refractivity contribution in [2.24, 2.45) is 5.92 Å². The quantitative estimate of drug-likeness (QED) is 0.891. The SMILES string of the molecule is COC[C@@H](Oc1cccc(Cl)c1C)[C@@H]1CCNC1. The van der Waals surface area contributed by atoms with Gasteiger partial charge < -0.3 is 14.8 Å². The first kappa shape index (κ1) is 13.7. The molecule has 100 valence electrons. The Labute approximate surface area is 113 Å². The Bertz CT molecular complexity index is 391. The smallest absolute Gasteiger partial charge is 0.126 e. The highest BCUT2D eigenvalue weighted by atomic mass is 35.5. The van der Waals surface area contributed by atoms with Crippen molar-refractivity contribution >= 4 is 11.6 Å². The molecule has 0 aliphatic carbocycles. The summed E-state index contributed by atoms with van der Waals surface area (Å²) in [6, 6.07) is 5.76. The third-order valence-corrected chi connectivity index (χ3v) is 3.86. The van der Waals surface area contributed by atoms with Crippen LogP contribution in [0, 0.1) is 12.8 Å². The van der Waals surface area contributed by atoms with Crippen LogP contribution in [0.4, 0.5) is 0 Å². The molecule has 1 heterocycles. The number of benzene rings is 1. The fourth-order valence-corrected chi connectivity index (χ4v) is 2.47. The van der Waals surface area contributed by atoms with Crippen molar-refractivity contribution < 1.29 is 9.47 Å². The van der Waals surface area contributed by atoms with Gasteiger partial charge in [-0.2, -0.15) is 0 Å². The van der Waals surface area contributed by atoms with E-state index in [0.29, 0.717) is 12.5 Å². The summed E-state index contributed by atoms with van der Waals surface area (Å²) in [5.74, 6) is 1.36. The Morgan fingerprint density at radius 2 is 2.33 bits per heavy atom. The summed E-state index contributed by atoms with van der Waals surface area (Å²) in [6.07, 6.45) is 1.22. The number of methoxy groups -OCH3 is 1. The van der Waals surface area contributed by atoms with Crippen molar-refractivity contribution in [2.45, 2.75) is 19.4 Å². The summed E-state index contributed by atoms with van der Waals surface area (Å²) >= 11 is 6.11. The van der Waals surface area contributed by atoms with E-state index in [9.17, 15) is 0 Å². The first-order valence-electron chi connectivity index (χ1n) is 6.33. The van der Waals surface area contributed by atoms with Crippen LogP contribution in [0.5, 0.6) is 5.75 Å². The largest absolute Gasteiger partial charge is 0.487 e. The highest BCUT2D eigenvalue weighted by molar-refractivity contribution is 6.31. The van der Waals surface area contributed by atoms with Crippen molar-refractivity contribution in [3.63, 3.8) is 0 Å². The van der Waals surface area contributed by atoms with Gasteiger partial charge in [0.1, 0.15) is 11.9 Å². The lowest BCUT2D eigenvalue weighted by molar-refractivity contribution is 0.0478. The van der Waals surface area contributed by atoms with Crippen molar-refractivity contribution in [1.29, 1.82) is 0 Å². The molecule has 0 spiro atoms. The predicted molar refractivity (Wildman–Crippen MR) is 73.5 cm³/mol. The molecule has 4 heteroatoms. The van der Waals surface area contributed by atoms with Crippen LogP contribution >= 0.6 is 11.6 Å². The molecule has 3 nitrogen and oxygen atoms in total. The van der Waals surface area contributed by atoms with Gasteiger partial charge in [0.2, 0.25) is 0 Å². The van der Waals surface area contributed by atoms with Crippen LogP contribution in [0.3, 0.4) is 0 Å². The zero-order valence-electron chi connectivity index (χ0n) is 10.9. The lowest BCUT2D eigenvalue weighted by atomic mass is 10.0. The van der Waals surface area contributed by atoms with Gasteiger partial charge in [-0.15, -0.1) is 0 Å². The van der Waals surface area contributed by atoms with Crippen molar-refractivity contribution in [3.05, 3.63) is 28.8 Å². The van der Waals surface area contributed by atoms with Crippen LogP contribution < -0.4 is 10.1 Å². The van der Waals surface area contributed by atoms with E-state index in [4.69, 9.17) is 21.1 Å². The number of hydrogen-bond donors (Lipinski definition) is 1. The molecule has 2 atom stereocenters. The standard InChI is InChI=1S/C14H20ClNO2/c1-10-12(15)4-3-5-13(10)18-14(9-17-2)11-6-7-16-8-11/h3-5,11,14,16H,6-9H2,1-2H3/t11-,14-/m1/s1. The van der Waals surface area contributed by atoms with Gasteiger partial charge in [-0.1, -0.05) is 17.7 Å². The maximum Gasteiger partial charge on any atom is 0.126 e. The summed E-state index contributed by atoms with van der Waals surface area (Å²) in [4.78, 5) is 0. The van der Waals surface area contributed by atoms with E-state index in [1.165, 1.54) is 0 Å². The second-order valence-electron chi connectivity index (χ2n) is 4.73. The normalized spacial score (nSPS) is 20.9. The highest BCUT2D eigenvalue weighted by Crippen LogP contribution is 2.28. The number of ether oxygens (including phenoxy) is 2. The van der Waals surface area contributed by atoms with E-state index in [1.807, 2.05) is 25.1 Å². The Kier molecular flexibility index (Phi) is 4.87. The summed E-state index contributed by atoms with van der Waals surface area (Å²) < 4.78 is 11.4. The molecule has 1 aliphatic rings. The lowest BCUT2D eigenvalue weighted by Crippen LogP contribution is -2.33. The van der Waals surface area contributed by atoms with Crippen LogP contribution in [-0.4, -0.2) is 32.9 Å². The molecule has 1 aromatic carbocycles. The Morgan fingerprint density at radius 1 is 1.50 bits per heavy atom. The molecule has 1 N–H and O–H groups in total. The Hall–Kier alpha value is -0.770. The van der Waals surface area contributed by atoms with Gasteiger partial charge >= 0.3 is 0 Å². The average molecular weight is 270 g/mol. The third-order valence-electron chi connectivity index (χ3n) is 3.45. The minimum Gasteiger partial charge on any atom is -0.487 e. The number of hydrogen-bond acceptors (Lipinski definition) is 3. The van der Waals surface area contributed by atoms with Crippen molar-refractivity contribution in [3.8, 4) is 5.75 Å². The maximum absolute atomic E-state index is 6.11. The van der Waals surface area contributed by atoms with E-state index < -0.39 is 0 Å². The summed E-state index contributed by atoms with van der Waals surface area (Å²) in [6.45, 7) is 4.64. The minimum atomic E-state index is 0.0853. The van der Waals surface area contributed by atoms with Crippen molar-refractivity contribution in [1.82, 2.24) is 5.32 Å². The molecule has 2 rings (SSSR count). The molecule has 1 aliphatic heterocycles. The van der Waals surface area contributed by atoms with E-state index in [1.54, 1.807) is 7.11 Å². The van der Waals surface area contributed by atoms with E-state index in [-0.39, 0.29) is 6.10 Å². The van der Waals surface area contributed by atoms with Gasteiger partial charge in [0.15, 0.2) is 0 Å². The van der Waals surface area contributed by atoms with E-state index >= 15 is 0 Å². The summed E-state index contributed by atoms with van der Waals surface area (Å²) in [5.41, 5.74) is 0.992. The van der Waals surface area contributed by atoms with Crippen LogP contribution in [0.1, 0.15) is 12.0 Å². The zero-order valence-corrected chi connectivity index (χ0v) is 11.7. The maximum atomic E-state index is 6.11. The number of nitrogens with one attached hydrogen (secondary N) is 1. The average Bonchev–Trinajstić information content (AvgIpc) is 2.88. The van der Waals surface area contributed by atoms with E-state index in [0.717, 1.165) is 35.8 Å². The topological polar surface area (TPSA) is 30.5 Å². The summed E-state index contributed by atoms with van der Waals surface area (Å²) in [7, 11) is 1.71. The molecule has 0 bridgehead atoms.